The molecule has 2 heterocycles. The molecule has 1 fully saturated rings. The van der Waals surface area contributed by atoms with Crippen LogP contribution in [0.15, 0.2) is 29.4 Å². The summed E-state index contributed by atoms with van der Waals surface area (Å²) in [4.78, 5) is 30.4. The number of urea groups is 1. The summed E-state index contributed by atoms with van der Waals surface area (Å²) >= 11 is 1.44. The largest absolute Gasteiger partial charge is 0.336 e. The van der Waals surface area contributed by atoms with Crippen molar-refractivity contribution in [1.29, 1.82) is 0 Å². The van der Waals surface area contributed by atoms with Crippen LogP contribution in [0.2, 0.25) is 0 Å². The highest BCUT2D eigenvalue weighted by molar-refractivity contribution is 8.00. The molecule has 2 aromatic rings. The van der Waals surface area contributed by atoms with E-state index in [0.717, 1.165) is 29.2 Å². The molecule has 26 heavy (non-hydrogen) atoms. The van der Waals surface area contributed by atoms with Crippen LogP contribution in [-0.4, -0.2) is 44.7 Å². The molecule has 0 aliphatic carbocycles. The molecule has 0 spiro atoms. The number of fused-ring (bicyclic) bond motifs is 1. The van der Waals surface area contributed by atoms with Crippen LogP contribution in [0.1, 0.15) is 39.5 Å². The van der Waals surface area contributed by atoms with Gasteiger partial charge in [-0.25, -0.2) is 9.78 Å². The van der Waals surface area contributed by atoms with Crippen molar-refractivity contribution >= 4 is 34.7 Å². The van der Waals surface area contributed by atoms with Crippen LogP contribution in [0.5, 0.6) is 0 Å². The lowest BCUT2D eigenvalue weighted by Crippen LogP contribution is -2.39. The smallest absolute Gasteiger partial charge is 0.324 e. The lowest BCUT2D eigenvalue weighted by Gasteiger charge is -2.17. The van der Waals surface area contributed by atoms with Gasteiger partial charge >= 0.3 is 6.03 Å². The molecule has 0 bridgehead atoms. The van der Waals surface area contributed by atoms with Crippen molar-refractivity contribution in [2.24, 2.45) is 0 Å². The van der Waals surface area contributed by atoms with Crippen molar-refractivity contribution in [3.8, 4) is 0 Å². The van der Waals surface area contributed by atoms with E-state index in [0.29, 0.717) is 13.1 Å². The van der Waals surface area contributed by atoms with E-state index < -0.39 is 0 Å². The molecule has 3 amide bonds. The Morgan fingerprint density at radius 1 is 1.31 bits per heavy atom. The summed E-state index contributed by atoms with van der Waals surface area (Å²) in [5, 5.41) is 3.17. The molecule has 0 unspecified atom stereocenters. The number of aromatic nitrogens is 2. The predicted molar refractivity (Wildman–Crippen MR) is 104 cm³/mol. The first kappa shape index (κ1) is 18.8. The van der Waals surface area contributed by atoms with Crippen LogP contribution >= 0.6 is 11.8 Å². The van der Waals surface area contributed by atoms with E-state index in [1.54, 1.807) is 0 Å². The van der Waals surface area contributed by atoms with E-state index >= 15 is 0 Å². The number of carbonyl (C=O) groups is 2. The van der Waals surface area contributed by atoms with Crippen LogP contribution in [0.4, 0.5) is 4.79 Å². The van der Waals surface area contributed by atoms with Gasteiger partial charge in [0.05, 0.1) is 16.3 Å². The fraction of sp³-hybridized carbons (Fsp3) is 0.526. The summed E-state index contributed by atoms with van der Waals surface area (Å²) in [6.45, 7) is 5.91. The number of imide groups is 1. The van der Waals surface area contributed by atoms with Crippen molar-refractivity contribution in [2.75, 3.05) is 13.1 Å². The zero-order chi connectivity index (χ0) is 18.5. The van der Waals surface area contributed by atoms with Gasteiger partial charge in [-0.05, 0) is 25.5 Å². The second-order valence-corrected chi connectivity index (χ2v) is 7.89. The molecule has 0 saturated carbocycles. The van der Waals surface area contributed by atoms with E-state index in [1.165, 1.54) is 35.9 Å². The highest BCUT2D eigenvalue weighted by Gasteiger charge is 2.31. The molecule has 1 aromatic carbocycles. The second-order valence-electron chi connectivity index (χ2n) is 6.58. The minimum Gasteiger partial charge on any atom is -0.336 e. The number of benzene rings is 1. The molecule has 0 radical (unpaired) electrons. The molecular formula is C19H26N4O2S. The zero-order valence-electron chi connectivity index (χ0n) is 15.4. The molecule has 1 N–H and O–H groups in total. The van der Waals surface area contributed by atoms with Crippen LogP contribution in [0.25, 0.3) is 11.0 Å². The Hall–Kier alpha value is -2.02. The lowest BCUT2D eigenvalue weighted by molar-refractivity contribution is -0.126. The quantitative estimate of drug-likeness (QED) is 0.566. The summed E-state index contributed by atoms with van der Waals surface area (Å²) in [7, 11) is 0. The van der Waals surface area contributed by atoms with Crippen LogP contribution in [0.3, 0.4) is 0 Å². The maximum Gasteiger partial charge on any atom is 0.324 e. The van der Waals surface area contributed by atoms with Gasteiger partial charge in [0.2, 0.25) is 5.91 Å². The molecule has 3 rings (SSSR count). The van der Waals surface area contributed by atoms with E-state index in [1.807, 2.05) is 25.1 Å². The molecule has 1 aliphatic heterocycles. The van der Waals surface area contributed by atoms with Gasteiger partial charge in [0.15, 0.2) is 5.16 Å². The third-order valence-electron chi connectivity index (χ3n) is 4.61. The first-order chi connectivity index (χ1) is 12.6. The summed E-state index contributed by atoms with van der Waals surface area (Å²) in [5.74, 6) is -0.158. The Kier molecular flexibility index (Phi) is 6.19. The molecular weight excluding hydrogens is 348 g/mol. The molecule has 1 aliphatic rings. The third kappa shape index (κ3) is 4.03. The van der Waals surface area contributed by atoms with Crippen molar-refractivity contribution in [2.45, 2.75) is 56.5 Å². The van der Waals surface area contributed by atoms with E-state index in [-0.39, 0.29) is 17.2 Å². The average molecular weight is 375 g/mol. The molecule has 1 saturated heterocycles. The van der Waals surface area contributed by atoms with Gasteiger partial charge in [0.1, 0.15) is 0 Å². The summed E-state index contributed by atoms with van der Waals surface area (Å²) in [6, 6.07) is 7.78. The van der Waals surface area contributed by atoms with Gasteiger partial charge in [0.25, 0.3) is 0 Å². The number of unbranched alkanes of at least 4 members (excludes halogenated alkanes) is 3. The Bertz CT molecular complexity index is 789. The summed E-state index contributed by atoms with van der Waals surface area (Å²) < 4.78 is 2.21. The van der Waals surface area contributed by atoms with Crippen molar-refractivity contribution < 1.29 is 9.59 Å². The number of amides is 3. The van der Waals surface area contributed by atoms with Gasteiger partial charge in [0, 0.05) is 19.6 Å². The highest BCUT2D eigenvalue weighted by atomic mass is 32.2. The monoisotopic (exact) mass is 374 g/mol. The maximum atomic E-state index is 12.6. The van der Waals surface area contributed by atoms with E-state index in [2.05, 4.69) is 22.9 Å². The van der Waals surface area contributed by atoms with Gasteiger partial charge in [-0.2, -0.15) is 0 Å². The van der Waals surface area contributed by atoms with E-state index in [9.17, 15) is 9.59 Å². The molecule has 7 heteroatoms. The average Bonchev–Trinajstić information content (AvgIpc) is 3.21. The first-order valence-corrected chi connectivity index (χ1v) is 10.2. The predicted octanol–water partition coefficient (Wildman–Crippen LogP) is 3.65. The van der Waals surface area contributed by atoms with Gasteiger partial charge in [-0.1, -0.05) is 50.1 Å². The number of imidazole rings is 1. The minimum atomic E-state index is -0.356. The van der Waals surface area contributed by atoms with Crippen LogP contribution < -0.4 is 5.32 Å². The van der Waals surface area contributed by atoms with Crippen LogP contribution in [0, 0.1) is 0 Å². The Labute approximate surface area is 158 Å². The topological polar surface area (TPSA) is 67.2 Å². The van der Waals surface area contributed by atoms with Crippen LogP contribution in [-0.2, 0) is 11.3 Å². The number of carbonyl (C=O) groups excluding carboxylic acids is 2. The Balaban J connectivity index is 1.77. The number of nitrogens with zero attached hydrogens (tertiary/aromatic N) is 3. The fourth-order valence-corrected chi connectivity index (χ4v) is 4.18. The van der Waals surface area contributed by atoms with Crippen molar-refractivity contribution in [1.82, 2.24) is 19.8 Å². The molecule has 6 nitrogen and oxygen atoms in total. The summed E-state index contributed by atoms with van der Waals surface area (Å²) in [6.07, 6.45) is 4.72. The number of hydrogen-bond acceptors (Lipinski definition) is 4. The number of thioether (sulfide) groups is 1. The first-order valence-electron chi connectivity index (χ1n) is 9.33. The SMILES string of the molecule is CCCCCCn1c(S[C@@H](C)C(=O)N2CCNC2=O)nc2ccccc21. The van der Waals surface area contributed by atoms with Gasteiger partial charge < -0.3 is 9.88 Å². The highest BCUT2D eigenvalue weighted by Crippen LogP contribution is 2.29. The zero-order valence-corrected chi connectivity index (χ0v) is 16.2. The fourth-order valence-electron chi connectivity index (χ4n) is 3.17. The summed E-state index contributed by atoms with van der Waals surface area (Å²) in [5.41, 5.74) is 2.05. The normalized spacial score (nSPS) is 15.5. The molecule has 1 atom stereocenters. The lowest BCUT2D eigenvalue weighted by atomic mass is 10.2. The number of nitrogens with one attached hydrogen (secondary N) is 1. The van der Waals surface area contributed by atoms with Crippen molar-refractivity contribution in [3.63, 3.8) is 0 Å². The Morgan fingerprint density at radius 3 is 2.85 bits per heavy atom. The molecule has 1 aromatic heterocycles. The van der Waals surface area contributed by atoms with Crippen molar-refractivity contribution in [3.05, 3.63) is 24.3 Å². The number of para-hydroxylation sites is 2. The standard InChI is InChI=1S/C19H26N4O2S/c1-3-4-5-8-12-22-16-10-7-6-9-15(16)21-19(22)26-14(2)17(24)23-13-11-20-18(23)25/h6-7,9-10,14H,3-5,8,11-13H2,1-2H3,(H,20,25)/t14-/m0/s1. The third-order valence-corrected chi connectivity index (χ3v) is 5.69. The maximum absolute atomic E-state index is 12.6. The van der Waals surface area contributed by atoms with Gasteiger partial charge in [-0.15, -0.1) is 0 Å². The Morgan fingerprint density at radius 2 is 2.12 bits per heavy atom. The second kappa shape index (κ2) is 8.58. The minimum absolute atomic E-state index is 0.158. The number of rotatable bonds is 8. The van der Waals surface area contributed by atoms with E-state index in [4.69, 9.17) is 4.98 Å². The number of hydrogen-bond donors (Lipinski definition) is 1. The van der Waals surface area contributed by atoms with Gasteiger partial charge in [-0.3, -0.25) is 9.69 Å². The molecule has 140 valence electrons. The number of aryl methyl sites for hydroxylation is 1.